The first-order valence-corrected chi connectivity index (χ1v) is 5.71. The summed E-state index contributed by atoms with van der Waals surface area (Å²) in [7, 11) is 0. The molecule has 0 spiro atoms. The number of hydrogen-bond donors (Lipinski definition) is 3. The average molecular weight is 230 g/mol. The molecule has 0 radical (unpaired) electrons. The molecule has 5 heteroatoms. The minimum Gasteiger partial charge on any atom is -0.481 e. The Morgan fingerprint density at radius 1 is 1.25 bits per heavy atom. The van der Waals surface area contributed by atoms with Gasteiger partial charge in [-0.3, -0.25) is 9.59 Å². The first-order valence-electron chi connectivity index (χ1n) is 5.71. The summed E-state index contributed by atoms with van der Waals surface area (Å²) >= 11 is 0. The van der Waals surface area contributed by atoms with Crippen molar-refractivity contribution < 1.29 is 14.7 Å². The SMILES string of the molecule is CC(C)CNC(=O)CNCCCCC(=O)O. The van der Waals surface area contributed by atoms with Gasteiger partial charge in [0.1, 0.15) is 0 Å². The minimum atomic E-state index is -0.769. The number of carbonyl (C=O) groups is 2. The van der Waals surface area contributed by atoms with Crippen molar-refractivity contribution in [1.29, 1.82) is 0 Å². The fraction of sp³-hybridized carbons (Fsp3) is 0.818. The van der Waals surface area contributed by atoms with E-state index in [2.05, 4.69) is 10.6 Å². The highest BCUT2D eigenvalue weighted by molar-refractivity contribution is 5.77. The third-order valence-corrected chi connectivity index (χ3v) is 1.99. The number of rotatable bonds is 9. The summed E-state index contributed by atoms with van der Waals surface area (Å²) in [5, 5.41) is 14.2. The van der Waals surface area contributed by atoms with E-state index in [-0.39, 0.29) is 12.3 Å². The highest BCUT2D eigenvalue weighted by atomic mass is 16.4. The molecule has 1 amide bonds. The Bertz CT molecular complexity index is 217. The summed E-state index contributed by atoms with van der Waals surface area (Å²) in [4.78, 5) is 21.4. The highest BCUT2D eigenvalue weighted by Gasteiger charge is 2.01. The van der Waals surface area contributed by atoms with Crippen LogP contribution in [0.3, 0.4) is 0 Å². The van der Waals surface area contributed by atoms with Gasteiger partial charge in [-0.1, -0.05) is 13.8 Å². The fourth-order valence-electron chi connectivity index (χ4n) is 1.11. The molecule has 0 saturated heterocycles. The molecule has 16 heavy (non-hydrogen) atoms. The Kier molecular flexibility index (Phi) is 8.52. The summed E-state index contributed by atoms with van der Waals surface area (Å²) in [5.74, 6) is -0.318. The third kappa shape index (κ3) is 11.0. The van der Waals surface area contributed by atoms with Crippen molar-refractivity contribution in [2.75, 3.05) is 19.6 Å². The molecule has 5 nitrogen and oxygen atoms in total. The number of carboxylic acid groups (broad SMARTS) is 1. The van der Waals surface area contributed by atoms with Crippen LogP contribution >= 0.6 is 0 Å². The van der Waals surface area contributed by atoms with Crippen LogP contribution in [0.15, 0.2) is 0 Å². The topological polar surface area (TPSA) is 78.4 Å². The average Bonchev–Trinajstić information content (AvgIpc) is 2.19. The zero-order valence-corrected chi connectivity index (χ0v) is 10.1. The Hall–Kier alpha value is -1.10. The molecule has 0 saturated carbocycles. The number of carbonyl (C=O) groups excluding carboxylic acids is 1. The van der Waals surface area contributed by atoms with Gasteiger partial charge in [-0.15, -0.1) is 0 Å². The number of nitrogens with one attached hydrogen (secondary N) is 2. The first kappa shape index (κ1) is 14.9. The second-order valence-electron chi connectivity index (χ2n) is 4.23. The predicted octanol–water partition coefficient (Wildman–Crippen LogP) is 0.603. The lowest BCUT2D eigenvalue weighted by Gasteiger charge is -2.08. The van der Waals surface area contributed by atoms with Gasteiger partial charge in [-0.2, -0.15) is 0 Å². The number of hydrogen-bond acceptors (Lipinski definition) is 3. The van der Waals surface area contributed by atoms with Gasteiger partial charge in [-0.05, 0) is 25.3 Å². The number of carboxylic acids is 1. The molecule has 0 rings (SSSR count). The molecule has 3 N–H and O–H groups in total. The van der Waals surface area contributed by atoms with Crippen molar-refractivity contribution in [3.8, 4) is 0 Å². The standard InChI is InChI=1S/C11H22N2O3/c1-9(2)7-13-10(14)8-12-6-4-3-5-11(15)16/h9,12H,3-8H2,1-2H3,(H,13,14)(H,15,16). The zero-order chi connectivity index (χ0) is 12.4. The second-order valence-corrected chi connectivity index (χ2v) is 4.23. The van der Waals surface area contributed by atoms with Crippen molar-refractivity contribution >= 4 is 11.9 Å². The largest absolute Gasteiger partial charge is 0.481 e. The van der Waals surface area contributed by atoms with E-state index < -0.39 is 5.97 Å². The van der Waals surface area contributed by atoms with Crippen LogP contribution in [0, 0.1) is 5.92 Å². The van der Waals surface area contributed by atoms with Crippen LogP contribution in [-0.2, 0) is 9.59 Å². The van der Waals surface area contributed by atoms with Crippen molar-refractivity contribution in [2.45, 2.75) is 33.1 Å². The molecule has 0 aromatic rings. The van der Waals surface area contributed by atoms with Crippen LogP contribution in [0.4, 0.5) is 0 Å². The number of unbranched alkanes of at least 4 members (excludes halogenated alkanes) is 1. The zero-order valence-electron chi connectivity index (χ0n) is 10.1. The van der Waals surface area contributed by atoms with Crippen LogP contribution in [0.1, 0.15) is 33.1 Å². The van der Waals surface area contributed by atoms with Gasteiger partial charge in [0.15, 0.2) is 0 Å². The summed E-state index contributed by atoms with van der Waals surface area (Å²) in [5.41, 5.74) is 0. The van der Waals surface area contributed by atoms with Crippen LogP contribution < -0.4 is 10.6 Å². The lowest BCUT2D eigenvalue weighted by atomic mass is 10.2. The molecule has 0 aliphatic carbocycles. The molecule has 0 heterocycles. The normalized spacial score (nSPS) is 10.4. The predicted molar refractivity (Wildman–Crippen MR) is 62.2 cm³/mol. The van der Waals surface area contributed by atoms with E-state index in [1.807, 2.05) is 13.8 Å². The molecule has 94 valence electrons. The van der Waals surface area contributed by atoms with E-state index in [1.165, 1.54) is 0 Å². The van der Waals surface area contributed by atoms with Crippen LogP contribution in [0.25, 0.3) is 0 Å². The van der Waals surface area contributed by atoms with Crippen LogP contribution in [0.5, 0.6) is 0 Å². The second kappa shape index (κ2) is 9.15. The molecule has 0 aromatic carbocycles. The van der Waals surface area contributed by atoms with Gasteiger partial charge in [-0.25, -0.2) is 0 Å². The molecule has 0 aromatic heterocycles. The van der Waals surface area contributed by atoms with Crippen molar-refractivity contribution in [3.05, 3.63) is 0 Å². The molecule has 0 fully saturated rings. The van der Waals surface area contributed by atoms with E-state index in [4.69, 9.17) is 5.11 Å². The Morgan fingerprint density at radius 2 is 1.94 bits per heavy atom. The van der Waals surface area contributed by atoms with Gasteiger partial charge in [0.05, 0.1) is 6.54 Å². The van der Waals surface area contributed by atoms with Gasteiger partial charge < -0.3 is 15.7 Å². The highest BCUT2D eigenvalue weighted by Crippen LogP contribution is 1.93. The lowest BCUT2D eigenvalue weighted by Crippen LogP contribution is -2.36. The summed E-state index contributed by atoms with van der Waals surface area (Å²) in [6.45, 7) is 5.76. The molecular weight excluding hydrogens is 208 g/mol. The smallest absolute Gasteiger partial charge is 0.303 e. The van der Waals surface area contributed by atoms with E-state index in [0.717, 1.165) is 6.42 Å². The maximum absolute atomic E-state index is 11.2. The number of amides is 1. The van der Waals surface area contributed by atoms with Crippen molar-refractivity contribution in [1.82, 2.24) is 10.6 Å². The van der Waals surface area contributed by atoms with E-state index in [9.17, 15) is 9.59 Å². The van der Waals surface area contributed by atoms with E-state index in [0.29, 0.717) is 32.0 Å². The third-order valence-electron chi connectivity index (χ3n) is 1.99. The van der Waals surface area contributed by atoms with Gasteiger partial charge in [0, 0.05) is 13.0 Å². The Balaban J connectivity index is 3.24. The molecule has 0 aliphatic heterocycles. The summed E-state index contributed by atoms with van der Waals surface area (Å²) < 4.78 is 0. The number of aliphatic carboxylic acids is 1. The molecule has 0 unspecified atom stereocenters. The fourth-order valence-corrected chi connectivity index (χ4v) is 1.11. The Morgan fingerprint density at radius 3 is 2.50 bits per heavy atom. The first-order chi connectivity index (χ1) is 7.52. The van der Waals surface area contributed by atoms with Crippen LogP contribution in [-0.4, -0.2) is 36.6 Å². The molecule has 0 aliphatic rings. The molecule has 0 atom stereocenters. The molecular formula is C11H22N2O3. The van der Waals surface area contributed by atoms with Gasteiger partial charge in [0.2, 0.25) is 5.91 Å². The molecule has 0 bridgehead atoms. The van der Waals surface area contributed by atoms with Crippen LogP contribution in [0.2, 0.25) is 0 Å². The van der Waals surface area contributed by atoms with E-state index >= 15 is 0 Å². The quantitative estimate of drug-likeness (QED) is 0.507. The summed E-state index contributed by atoms with van der Waals surface area (Å²) in [6.07, 6.45) is 1.63. The Labute approximate surface area is 96.6 Å². The monoisotopic (exact) mass is 230 g/mol. The van der Waals surface area contributed by atoms with Gasteiger partial charge >= 0.3 is 5.97 Å². The van der Waals surface area contributed by atoms with E-state index in [1.54, 1.807) is 0 Å². The summed E-state index contributed by atoms with van der Waals surface area (Å²) in [6, 6.07) is 0. The lowest BCUT2D eigenvalue weighted by molar-refractivity contribution is -0.137. The maximum Gasteiger partial charge on any atom is 0.303 e. The maximum atomic E-state index is 11.2. The van der Waals surface area contributed by atoms with Gasteiger partial charge in [0.25, 0.3) is 0 Å². The van der Waals surface area contributed by atoms with Crippen molar-refractivity contribution in [2.24, 2.45) is 5.92 Å². The van der Waals surface area contributed by atoms with Crippen molar-refractivity contribution in [3.63, 3.8) is 0 Å². The minimum absolute atomic E-state index is 0.00747.